The van der Waals surface area contributed by atoms with E-state index in [1.807, 2.05) is 64.5 Å². The van der Waals surface area contributed by atoms with E-state index < -0.39 is 6.10 Å². The summed E-state index contributed by atoms with van der Waals surface area (Å²) in [6.45, 7) is 4.64. The summed E-state index contributed by atoms with van der Waals surface area (Å²) in [5.74, 6) is 2.00. The number of fused-ring (bicyclic) bond motifs is 1. The molecule has 0 spiro atoms. The lowest BCUT2D eigenvalue weighted by molar-refractivity contribution is -0.113. The lowest BCUT2D eigenvalue weighted by Crippen LogP contribution is -2.25. The molecule has 0 aliphatic carbocycles. The van der Waals surface area contributed by atoms with E-state index >= 15 is 0 Å². The molecule has 0 bridgehead atoms. The molecule has 3 heterocycles. The Kier molecular flexibility index (Phi) is 6.59. The molecular weight excluding hydrogens is 470 g/mol. The van der Waals surface area contributed by atoms with Gasteiger partial charge in [-0.25, -0.2) is 4.98 Å². The fraction of sp³-hybridized carbons (Fsp3) is 0.167. The van der Waals surface area contributed by atoms with Gasteiger partial charge in [0.15, 0.2) is 33.7 Å². The second-order valence-electron chi connectivity index (χ2n) is 7.35. The Morgan fingerprint density at radius 2 is 1.97 bits per heavy atom. The van der Waals surface area contributed by atoms with Gasteiger partial charge < -0.3 is 14.8 Å². The van der Waals surface area contributed by atoms with E-state index in [0.29, 0.717) is 40.8 Å². The maximum absolute atomic E-state index is 12.6. The second kappa shape index (κ2) is 10.1. The van der Waals surface area contributed by atoms with Crippen LogP contribution in [0.3, 0.4) is 0 Å². The van der Waals surface area contributed by atoms with E-state index in [9.17, 15) is 4.79 Å². The normalized spacial score (nSPS) is 14.5. The Morgan fingerprint density at radius 1 is 1.18 bits per heavy atom. The van der Waals surface area contributed by atoms with Crippen LogP contribution in [0, 0.1) is 0 Å². The van der Waals surface area contributed by atoms with Crippen molar-refractivity contribution in [2.24, 2.45) is 0 Å². The third kappa shape index (κ3) is 4.82. The molecule has 2 aromatic heterocycles. The van der Waals surface area contributed by atoms with E-state index in [2.05, 4.69) is 27.1 Å². The van der Waals surface area contributed by atoms with Crippen LogP contribution in [0.5, 0.6) is 11.5 Å². The van der Waals surface area contributed by atoms with Crippen LogP contribution in [0.2, 0.25) is 0 Å². The molecule has 0 fully saturated rings. The first-order chi connectivity index (χ1) is 16.7. The maximum atomic E-state index is 12.6. The van der Waals surface area contributed by atoms with Crippen molar-refractivity contribution in [3.05, 3.63) is 78.5 Å². The number of carbonyl (C=O) groups is 1. The zero-order valence-electron chi connectivity index (χ0n) is 18.1. The predicted octanol–water partition coefficient (Wildman–Crippen LogP) is 4.83. The summed E-state index contributed by atoms with van der Waals surface area (Å²) in [4.78, 5) is 17.1. The van der Waals surface area contributed by atoms with Crippen LogP contribution < -0.4 is 14.8 Å². The standard InChI is InChI=1S/C24H21N5O3S2/c1-2-12-29-22(20-13-31-18-10-6-7-11-19(18)32-20)27-28-24(29)34-15-21(30)26-23-25-17(14-33-23)16-8-4-3-5-9-16/h2-11,14,20H,1,12-13,15H2,(H,25,26,30)/t20-/m0/s1. The molecule has 1 atom stereocenters. The van der Waals surface area contributed by atoms with Crippen LogP contribution in [0.1, 0.15) is 11.9 Å². The van der Waals surface area contributed by atoms with Crippen LogP contribution in [0.25, 0.3) is 11.3 Å². The molecule has 0 saturated carbocycles. The van der Waals surface area contributed by atoms with Gasteiger partial charge in [-0.1, -0.05) is 60.3 Å². The molecule has 8 nitrogen and oxygen atoms in total. The summed E-state index contributed by atoms with van der Waals surface area (Å²) >= 11 is 2.69. The molecule has 1 aliphatic rings. The summed E-state index contributed by atoms with van der Waals surface area (Å²) in [7, 11) is 0. The molecule has 10 heteroatoms. The minimum Gasteiger partial charge on any atom is -0.485 e. The van der Waals surface area contributed by atoms with Crippen LogP contribution in [0.15, 0.2) is 77.8 Å². The molecule has 4 aromatic rings. The highest BCUT2D eigenvalue weighted by molar-refractivity contribution is 7.99. The van der Waals surface area contributed by atoms with Crippen molar-refractivity contribution < 1.29 is 14.3 Å². The minimum atomic E-state index is -0.405. The number of carbonyl (C=O) groups excluding carboxylic acids is 1. The SMILES string of the molecule is C=CCn1c(SCC(=O)Nc2nc(-c3ccccc3)cs2)nnc1[C@@H]1COc2ccccc2O1. The summed E-state index contributed by atoms with van der Waals surface area (Å²) in [6, 6.07) is 17.4. The number of benzene rings is 2. The number of ether oxygens (including phenoxy) is 2. The number of allylic oxidation sites excluding steroid dienone is 1. The molecule has 2 aromatic carbocycles. The summed E-state index contributed by atoms with van der Waals surface area (Å²) < 4.78 is 13.8. The van der Waals surface area contributed by atoms with Gasteiger partial charge in [-0.2, -0.15) is 0 Å². The number of thiazole rings is 1. The topological polar surface area (TPSA) is 91.2 Å². The first kappa shape index (κ1) is 22.2. The molecule has 1 N–H and O–H groups in total. The van der Waals surface area contributed by atoms with Crippen molar-refractivity contribution in [3.63, 3.8) is 0 Å². The largest absolute Gasteiger partial charge is 0.485 e. The number of hydrogen-bond donors (Lipinski definition) is 1. The third-order valence-electron chi connectivity index (χ3n) is 5.01. The molecule has 0 radical (unpaired) electrons. The Balaban J connectivity index is 1.24. The van der Waals surface area contributed by atoms with Gasteiger partial charge in [0.25, 0.3) is 0 Å². The van der Waals surface area contributed by atoms with Gasteiger partial charge in [-0.3, -0.25) is 9.36 Å². The fourth-order valence-electron chi connectivity index (χ4n) is 3.45. The first-order valence-corrected chi connectivity index (χ1v) is 12.4. The molecule has 172 valence electrons. The highest BCUT2D eigenvalue weighted by Gasteiger charge is 2.28. The first-order valence-electron chi connectivity index (χ1n) is 10.6. The van der Waals surface area contributed by atoms with Gasteiger partial charge in [-0.05, 0) is 12.1 Å². The molecular formula is C24H21N5O3S2. The number of aromatic nitrogens is 4. The number of amides is 1. The summed E-state index contributed by atoms with van der Waals surface area (Å²) in [6.07, 6.45) is 1.35. The second-order valence-corrected chi connectivity index (χ2v) is 9.15. The number of nitrogens with one attached hydrogen (secondary N) is 1. The molecule has 0 saturated heterocycles. The van der Waals surface area contributed by atoms with E-state index in [1.54, 1.807) is 6.08 Å². The monoisotopic (exact) mass is 491 g/mol. The van der Waals surface area contributed by atoms with Crippen LogP contribution in [0.4, 0.5) is 5.13 Å². The number of hydrogen-bond acceptors (Lipinski definition) is 8. The van der Waals surface area contributed by atoms with E-state index in [4.69, 9.17) is 9.47 Å². The lowest BCUT2D eigenvalue weighted by atomic mass is 10.2. The Bertz CT molecular complexity index is 1300. The van der Waals surface area contributed by atoms with Gasteiger partial charge in [0.1, 0.15) is 6.61 Å². The van der Waals surface area contributed by atoms with Gasteiger partial charge in [0.2, 0.25) is 5.91 Å². The Hall–Kier alpha value is -3.63. The zero-order chi connectivity index (χ0) is 23.3. The predicted molar refractivity (Wildman–Crippen MR) is 132 cm³/mol. The molecule has 0 unspecified atom stereocenters. The van der Waals surface area contributed by atoms with Crippen LogP contribution in [-0.4, -0.2) is 38.0 Å². The van der Waals surface area contributed by atoms with Crippen molar-refractivity contribution in [1.82, 2.24) is 19.7 Å². The molecule has 1 amide bonds. The quantitative estimate of drug-likeness (QED) is 0.279. The molecule has 34 heavy (non-hydrogen) atoms. The highest BCUT2D eigenvalue weighted by Crippen LogP contribution is 2.36. The summed E-state index contributed by atoms with van der Waals surface area (Å²) in [5.41, 5.74) is 1.84. The highest BCUT2D eigenvalue weighted by atomic mass is 32.2. The average molecular weight is 492 g/mol. The third-order valence-corrected chi connectivity index (χ3v) is 6.73. The Labute approximate surface area is 204 Å². The fourth-order valence-corrected chi connectivity index (χ4v) is 4.94. The number of rotatable bonds is 8. The average Bonchev–Trinajstić information content (AvgIpc) is 3.50. The van der Waals surface area contributed by atoms with Gasteiger partial charge >= 0.3 is 0 Å². The van der Waals surface area contributed by atoms with Crippen molar-refractivity contribution in [3.8, 4) is 22.8 Å². The van der Waals surface area contributed by atoms with Gasteiger partial charge in [0.05, 0.1) is 11.4 Å². The lowest BCUT2D eigenvalue weighted by Gasteiger charge is -2.26. The number of thioether (sulfide) groups is 1. The van der Waals surface area contributed by atoms with Crippen molar-refractivity contribution in [2.45, 2.75) is 17.8 Å². The molecule has 5 rings (SSSR count). The number of anilines is 1. The van der Waals surface area contributed by atoms with E-state index in [0.717, 1.165) is 11.3 Å². The van der Waals surface area contributed by atoms with Crippen molar-refractivity contribution in [2.75, 3.05) is 17.7 Å². The van der Waals surface area contributed by atoms with Gasteiger partial charge in [0, 0.05) is 17.5 Å². The molecule has 1 aliphatic heterocycles. The smallest absolute Gasteiger partial charge is 0.236 e. The number of para-hydroxylation sites is 2. The Morgan fingerprint density at radius 3 is 2.79 bits per heavy atom. The van der Waals surface area contributed by atoms with Crippen LogP contribution >= 0.6 is 23.1 Å². The maximum Gasteiger partial charge on any atom is 0.236 e. The summed E-state index contributed by atoms with van der Waals surface area (Å²) in [5, 5.41) is 14.6. The number of nitrogens with zero attached hydrogens (tertiary/aromatic N) is 4. The van der Waals surface area contributed by atoms with E-state index in [1.165, 1.54) is 23.1 Å². The minimum absolute atomic E-state index is 0.167. The van der Waals surface area contributed by atoms with Crippen molar-refractivity contribution in [1.29, 1.82) is 0 Å². The van der Waals surface area contributed by atoms with Crippen molar-refractivity contribution >= 4 is 34.1 Å². The van der Waals surface area contributed by atoms with Gasteiger partial charge in [-0.15, -0.1) is 28.1 Å². The zero-order valence-corrected chi connectivity index (χ0v) is 19.7. The van der Waals surface area contributed by atoms with Crippen LogP contribution in [-0.2, 0) is 11.3 Å². The van der Waals surface area contributed by atoms with E-state index in [-0.39, 0.29) is 11.7 Å².